The van der Waals surface area contributed by atoms with Gasteiger partial charge in [-0.05, 0) is 13.8 Å². The van der Waals surface area contributed by atoms with Gasteiger partial charge >= 0.3 is 39.4 Å². The Labute approximate surface area is 79.5 Å². The van der Waals surface area contributed by atoms with Crippen molar-refractivity contribution >= 4 is 31.9 Å². The number of urea groups is 1. The van der Waals surface area contributed by atoms with Gasteiger partial charge in [0, 0.05) is 5.71 Å². The van der Waals surface area contributed by atoms with Gasteiger partial charge in [0.2, 0.25) is 0 Å². The molecule has 0 saturated carbocycles. The van der Waals surface area contributed by atoms with Gasteiger partial charge in [0.15, 0.2) is 0 Å². The second-order valence-electron chi connectivity index (χ2n) is 1.53. The number of carbonyl (C=O) groups excluding carboxylic acids is 1. The predicted octanol–water partition coefficient (Wildman–Crippen LogP) is 1.94. The van der Waals surface area contributed by atoms with Crippen LogP contribution in [0.25, 0.3) is 0 Å². The van der Waals surface area contributed by atoms with E-state index in [0.717, 1.165) is 0 Å². The molecular weight excluding hydrogens is 234 g/mol. The fraction of sp³-hybridized carbons (Fsp3) is 0.500. The summed E-state index contributed by atoms with van der Waals surface area (Å²) < 4.78 is 0. The monoisotopic (exact) mass is 241 g/mol. The molecule has 0 aromatic carbocycles. The molecule has 2 N–H and O–H groups in total. The number of hydrogen-bond acceptors (Lipinski definition) is 2. The van der Waals surface area contributed by atoms with Gasteiger partial charge in [-0.3, -0.25) is 5.21 Å². The number of hydrogen-bond donors (Lipinski definition) is 2. The number of halogens is 2. The van der Waals surface area contributed by atoms with E-state index in [-0.39, 0.29) is 13.1 Å². The van der Waals surface area contributed by atoms with Gasteiger partial charge in [-0.1, -0.05) is 0 Å². The van der Waals surface area contributed by atoms with Gasteiger partial charge in [-0.2, -0.15) is 0 Å². The van der Waals surface area contributed by atoms with Gasteiger partial charge in [-0.15, -0.1) is 0 Å². The summed E-state index contributed by atoms with van der Waals surface area (Å²) >= 11 is 0.00694. The third-order valence-corrected chi connectivity index (χ3v) is 0.421. The Balaban J connectivity index is 0. The van der Waals surface area contributed by atoms with E-state index < -0.39 is 6.03 Å². The molecule has 67 valence electrons. The van der Waals surface area contributed by atoms with Crippen molar-refractivity contribution in [2.24, 2.45) is 4.99 Å². The molecule has 0 fully saturated rings. The Bertz CT molecular complexity index is 138. The molecule has 4 nitrogen and oxygen atoms in total. The SMILES string of the molecule is CC(C)=NC(=O)NO.[Cl][Mn][Cl]. The molecule has 0 heterocycles. The van der Waals surface area contributed by atoms with Crippen molar-refractivity contribution in [2.45, 2.75) is 13.8 Å². The van der Waals surface area contributed by atoms with E-state index in [2.05, 4.69) is 4.99 Å². The van der Waals surface area contributed by atoms with Crippen LogP contribution in [-0.2, 0) is 13.1 Å². The first-order valence-corrected chi connectivity index (χ1v) is 5.66. The molecule has 0 spiro atoms. The van der Waals surface area contributed by atoms with Crippen molar-refractivity contribution in [3.8, 4) is 0 Å². The number of aliphatic imine (C=N–C) groups is 1. The standard InChI is InChI=1S/C4H8N2O2.2ClH.Mn/c1-3(2)5-4(7)6-8;;;/h8H,1-2H3,(H,6,7);2*1H;/q;;;+2/p-2. The van der Waals surface area contributed by atoms with Crippen molar-refractivity contribution in [3.63, 3.8) is 0 Å². The first kappa shape index (κ1) is 13.8. The first-order chi connectivity index (χ1) is 5.08. The molecule has 0 bridgehead atoms. The number of hydroxylamine groups is 1. The minimum absolute atomic E-state index is 0.00694. The summed E-state index contributed by atoms with van der Waals surface area (Å²) in [4.78, 5) is 13.4. The molecule has 0 saturated heterocycles. The van der Waals surface area contributed by atoms with E-state index in [9.17, 15) is 4.79 Å². The molecule has 0 aliphatic rings. The molecule has 0 aromatic heterocycles. The van der Waals surface area contributed by atoms with Gasteiger partial charge < -0.3 is 0 Å². The molecule has 0 unspecified atom stereocenters. The molecule has 7 heteroatoms. The summed E-state index contributed by atoms with van der Waals surface area (Å²) in [5, 5.41) is 7.88. The molecule has 0 aromatic rings. The molecule has 0 aliphatic carbocycles. The Hall–Kier alpha value is 0.199. The Kier molecular flexibility index (Phi) is 12.8. The number of rotatable bonds is 0. The fourth-order valence-corrected chi connectivity index (χ4v) is 0.228. The average Bonchev–Trinajstić information content (AvgIpc) is 1.88. The van der Waals surface area contributed by atoms with Crippen molar-refractivity contribution in [1.29, 1.82) is 0 Å². The molecule has 11 heavy (non-hydrogen) atoms. The normalized spacial score (nSPS) is 7.36. The van der Waals surface area contributed by atoms with Crippen molar-refractivity contribution < 1.29 is 23.1 Å². The van der Waals surface area contributed by atoms with Crippen molar-refractivity contribution in [3.05, 3.63) is 0 Å². The summed E-state index contributed by atoms with van der Waals surface area (Å²) in [5.41, 5.74) is 1.98. The average molecular weight is 242 g/mol. The number of carbonyl (C=O) groups is 1. The zero-order chi connectivity index (χ0) is 9.28. The topological polar surface area (TPSA) is 61.7 Å². The van der Waals surface area contributed by atoms with Gasteiger partial charge in [0.1, 0.15) is 0 Å². The van der Waals surface area contributed by atoms with Crippen molar-refractivity contribution in [1.82, 2.24) is 5.48 Å². The van der Waals surface area contributed by atoms with Gasteiger partial charge in [0.05, 0.1) is 0 Å². The molecule has 0 aliphatic heterocycles. The second-order valence-corrected chi connectivity index (χ2v) is 3.48. The summed E-state index contributed by atoms with van der Waals surface area (Å²) in [5.74, 6) is 0. The summed E-state index contributed by atoms with van der Waals surface area (Å²) in [6.45, 7) is 3.32. The maximum atomic E-state index is 10.1. The van der Waals surface area contributed by atoms with Gasteiger partial charge in [0.25, 0.3) is 0 Å². The quantitative estimate of drug-likeness (QED) is 0.295. The summed E-state index contributed by atoms with van der Waals surface area (Å²) in [6, 6.07) is -0.731. The van der Waals surface area contributed by atoms with Crippen LogP contribution in [0.3, 0.4) is 0 Å². The van der Waals surface area contributed by atoms with Crippen molar-refractivity contribution in [2.75, 3.05) is 0 Å². The van der Waals surface area contributed by atoms with Crippen LogP contribution in [-0.4, -0.2) is 17.0 Å². The number of nitrogens with zero attached hydrogens (tertiary/aromatic N) is 1. The van der Waals surface area contributed by atoms with E-state index in [1.165, 1.54) is 5.48 Å². The van der Waals surface area contributed by atoms with E-state index >= 15 is 0 Å². The fourth-order valence-electron chi connectivity index (χ4n) is 0.228. The maximum absolute atomic E-state index is 10.1. The van der Waals surface area contributed by atoms with Crippen LogP contribution in [0, 0.1) is 0 Å². The second kappa shape index (κ2) is 10.2. The minimum atomic E-state index is -0.731. The number of nitrogens with one attached hydrogen (secondary N) is 1. The molecule has 0 radical (unpaired) electrons. The summed E-state index contributed by atoms with van der Waals surface area (Å²) in [7, 11) is 9.59. The summed E-state index contributed by atoms with van der Waals surface area (Å²) in [6.07, 6.45) is 0. The third-order valence-electron chi connectivity index (χ3n) is 0.421. The molecular formula is C4H8Cl2MnN2O2. The van der Waals surface area contributed by atoms with Crippen LogP contribution in [0.5, 0.6) is 0 Å². The van der Waals surface area contributed by atoms with E-state index in [0.29, 0.717) is 5.71 Å². The third kappa shape index (κ3) is 17.8. The van der Waals surface area contributed by atoms with Crippen LogP contribution in [0.1, 0.15) is 13.8 Å². The number of amides is 2. The van der Waals surface area contributed by atoms with Crippen LogP contribution in [0.15, 0.2) is 4.99 Å². The zero-order valence-corrected chi connectivity index (χ0v) is 8.63. The molecule has 0 atom stereocenters. The molecule has 2 amide bonds. The van der Waals surface area contributed by atoms with E-state index in [1.807, 2.05) is 0 Å². The van der Waals surface area contributed by atoms with E-state index in [4.69, 9.17) is 25.4 Å². The first-order valence-electron chi connectivity index (χ1n) is 2.41. The van der Waals surface area contributed by atoms with Crippen LogP contribution >= 0.6 is 20.2 Å². The van der Waals surface area contributed by atoms with Crippen LogP contribution in [0.2, 0.25) is 0 Å². The Morgan fingerprint density at radius 1 is 1.55 bits per heavy atom. The Morgan fingerprint density at radius 3 is 2.00 bits per heavy atom. The molecule has 0 rings (SSSR count). The Morgan fingerprint density at radius 2 is 1.91 bits per heavy atom. The zero-order valence-electron chi connectivity index (χ0n) is 5.94. The van der Waals surface area contributed by atoms with E-state index in [1.54, 1.807) is 13.8 Å². The predicted molar refractivity (Wildman–Crippen MR) is 40.8 cm³/mol. The van der Waals surface area contributed by atoms with Crippen LogP contribution in [0.4, 0.5) is 4.79 Å². The van der Waals surface area contributed by atoms with Gasteiger partial charge in [-0.25, -0.2) is 15.3 Å². The van der Waals surface area contributed by atoms with Crippen LogP contribution < -0.4 is 5.48 Å².